The van der Waals surface area contributed by atoms with Crippen molar-refractivity contribution in [1.82, 2.24) is 15.5 Å². The summed E-state index contributed by atoms with van der Waals surface area (Å²) in [6.07, 6.45) is 7.08. The zero-order valence-corrected chi connectivity index (χ0v) is 9.97. The summed E-state index contributed by atoms with van der Waals surface area (Å²) < 4.78 is 0. The highest BCUT2D eigenvalue weighted by molar-refractivity contribution is 4.81. The fourth-order valence-electron chi connectivity index (χ4n) is 2.74. The Morgan fingerprint density at radius 1 is 1.27 bits per heavy atom. The maximum Gasteiger partial charge on any atom is 0.0320 e. The van der Waals surface area contributed by atoms with Gasteiger partial charge in [0.25, 0.3) is 0 Å². The minimum absolute atomic E-state index is 0.658. The predicted octanol–water partition coefficient (Wildman–Crippen LogP) is 0.812. The average Bonchev–Trinajstić information content (AvgIpc) is 2.28. The molecular formula is C12H25N3. The lowest BCUT2D eigenvalue weighted by Gasteiger charge is -2.33. The lowest BCUT2D eigenvalue weighted by Crippen LogP contribution is -2.54. The van der Waals surface area contributed by atoms with Gasteiger partial charge in [0.15, 0.2) is 0 Å². The molecule has 1 saturated carbocycles. The summed E-state index contributed by atoms with van der Waals surface area (Å²) in [5.41, 5.74) is 0. The van der Waals surface area contributed by atoms with Gasteiger partial charge in [-0.05, 0) is 19.9 Å². The van der Waals surface area contributed by atoms with E-state index < -0.39 is 0 Å². The van der Waals surface area contributed by atoms with Crippen LogP contribution in [-0.2, 0) is 0 Å². The van der Waals surface area contributed by atoms with Crippen LogP contribution in [0.2, 0.25) is 0 Å². The molecule has 88 valence electrons. The predicted molar refractivity (Wildman–Crippen MR) is 64.2 cm³/mol. The Labute approximate surface area is 93.6 Å². The Balaban J connectivity index is 1.63. The summed E-state index contributed by atoms with van der Waals surface area (Å²) >= 11 is 0. The topological polar surface area (TPSA) is 27.3 Å². The molecule has 1 heterocycles. The van der Waals surface area contributed by atoms with E-state index in [1.165, 1.54) is 45.2 Å². The standard InChI is InChI=1S/C12H25N3/c1-15-8-7-13-12(10-15)9-14-11-5-3-2-4-6-11/h11-14H,2-10H2,1H3. The van der Waals surface area contributed by atoms with Crippen molar-refractivity contribution in [3.8, 4) is 0 Å². The molecule has 1 aliphatic heterocycles. The van der Waals surface area contributed by atoms with E-state index in [2.05, 4.69) is 22.6 Å². The second-order valence-electron chi connectivity index (χ2n) is 5.16. The van der Waals surface area contributed by atoms with Gasteiger partial charge in [-0.15, -0.1) is 0 Å². The first-order valence-corrected chi connectivity index (χ1v) is 6.50. The number of hydrogen-bond acceptors (Lipinski definition) is 3. The van der Waals surface area contributed by atoms with Crippen LogP contribution in [0.3, 0.4) is 0 Å². The first-order valence-electron chi connectivity index (χ1n) is 6.50. The molecule has 0 aromatic rings. The van der Waals surface area contributed by atoms with Gasteiger partial charge in [0.2, 0.25) is 0 Å². The molecule has 0 spiro atoms. The van der Waals surface area contributed by atoms with Gasteiger partial charge >= 0.3 is 0 Å². The molecule has 15 heavy (non-hydrogen) atoms. The van der Waals surface area contributed by atoms with Gasteiger partial charge in [-0.25, -0.2) is 0 Å². The van der Waals surface area contributed by atoms with Crippen LogP contribution in [0.15, 0.2) is 0 Å². The molecule has 2 rings (SSSR count). The minimum atomic E-state index is 0.658. The fourth-order valence-corrected chi connectivity index (χ4v) is 2.74. The molecular weight excluding hydrogens is 186 g/mol. The van der Waals surface area contributed by atoms with E-state index in [9.17, 15) is 0 Å². The van der Waals surface area contributed by atoms with Crippen LogP contribution in [0, 0.1) is 0 Å². The molecule has 1 aliphatic carbocycles. The zero-order valence-electron chi connectivity index (χ0n) is 9.97. The molecule has 3 heteroatoms. The maximum atomic E-state index is 3.72. The van der Waals surface area contributed by atoms with Crippen LogP contribution >= 0.6 is 0 Å². The van der Waals surface area contributed by atoms with Crippen molar-refractivity contribution in [2.24, 2.45) is 0 Å². The Morgan fingerprint density at radius 2 is 2.07 bits per heavy atom. The van der Waals surface area contributed by atoms with E-state index >= 15 is 0 Å². The van der Waals surface area contributed by atoms with E-state index in [1.54, 1.807) is 0 Å². The zero-order chi connectivity index (χ0) is 10.5. The fraction of sp³-hybridized carbons (Fsp3) is 1.00. The summed E-state index contributed by atoms with van der Waals surface area (Å²) in [5.74, 6) is 0. The van der Waals surface area contributed by atoms with E-state index in [0.717, 1.165) is 19.1 Å². The Hall–Kier alpha value is -0.120. The molecule has 0 aromatic heterocycles. The summed E-state index contributed by atoms with van der Waals surface area (Å²) in [6.45, 7) is 4.68. The van der Waals surface area contributed by atoms with Crippen molar-refractivity contribution in [1.29, 1.82) is 0 Å². The second-order valence-corrected chi connectivity index (χ2v) is 5.16. The lowest BCUT2D eigenvalue weighted by molar-refractivity contribution is 0.227. The molecule has 0 bridgehead atoms. The summed E-state index contributed by atoms with van der Waals surface area (Å²) in [5, 5.41) is 7.31. The number of nitrogens with zero attached hydrogens (tertiary/aromatic N) is 1. The van der Waals surface area contributed by atoms with Crippen LogP contribution in [0.1, 0.15) is 32.1 Å². The largest absolute Gasteiger partial charge is 0.312 e. The molecule has 2 N–H and O–H groups in total. The third-order valence-corrected chi connectivity index (χ3v) is 3.72. The van der Waals surface area contributed by atoms with Gasteiger partial charge in [-0.2, -0.15) is 0 Å². The summed E-state index contributed by atoms with van der Waals surface area (Å²) in [4.78, 5) is 2.42. The molecule has 1 saturated heterocycles. The Morgan fingerprint density at radius 3 is 2.80 bits per heavy atom. The number of rotatable bonds is 3. The average molecular weight is 211 g/mol. The van der Waals surface area contributed by atoms with Crippen molar-refractivity contribution in [3.63, 3.8) is 0 Å². The number of piperazine rings is 1. The molecule has 2 aliphatic rings. The smallest absolute Gasteiger partial charge is 0.0320 e. The number of hydrogen-bond donors (Lipinski definition) is 2. The highest BCUT2D eigenvalue weighted by Crippen LogP contribution is 2.17. The second kappa shape index (κ2) is 5.83. The van der Waals surface area contributed by atoms with E-state index in [4.69, 9.17) is 0 Å². The molecule has 0 amide bonds. The third-order valence-electron chi connectivity index (χ3n) is 3.72. The number of nitrogens with one attached hydrogen (secondary N) is 2. The van der Waals surface area contributed by atoms with Gasteiger partial charge in [0.1, 0.15) is 0 Å². The number of likely N-dealkylation sites (N-methyl/N-ethyl adjacent to an activating group) is 1. The highest BCUT2D eigenvalue weighted by Gasteiger charge is 2.18. The maximum absolute atomic E-state index is 3.72. The van der Waals surface area contributed by atoms with Gasteiger partial charge < -0.3 is 15.5 Å². The van der Waals surface area contributed by atoms with Crippen molar-refractivity contribution in [2.75, 3.05) is 33.2 Å². The molecule has 1 unspecified atom stereocenters. The SMILES string of the molecule is CN1CCNC(CNC2CCCCC2)C1. The van der Waals surface area contributed by atoms with Gasteiger partial charge in [0, 0.05) is 38.3 Å². The lowest BCUT2D eigenvalue weighted by atomic mass is 9.95. The normalized spacial score (nSPS) is 30.6. The summed E-state index contributed by atoms with van der Waals surface area (Å²) in [7, 11) is 2.22. The van der Waals surface area contributed by atoms with Gasteiger partial charge in [-0.3, -0.25) is 0 Å². The van der Waals surface area contributed by atoms with Crippen LogP contribution in [0.25, 0.3) is 0 Å². The Kier molecular flexibility index (Phi) is 4.42. The van der Waals surface area contributed by atoms with Crippen molar-refractivity contribution in [2.45, 2.75) is 44.2 Å². The van der Waals surface area contributed by atoms with Gasteiger partial charge in [0.05, 0.1) is 0 Å². The van der Waals surface area contributed by atoms with Crippen molar-refractivity contribution < 1.29 is 0 Å². The first kappa shape index (κ1) is 11.4. The van der Waals surface area contributed by atoms with E-state index in [0.29, 0.717) is 6.04 Å². The first-order chi connectivity index (χ1) is 7.34. The quantitative estimate of drug-likeness (QED) is 0.723. The van der Waals surface area contributed by atoms with Gasteiger partial charge in [-0.1, -0.05) is 19.3 Å². The third kappa shape index (κ3) is 3.74. The van der Waals surface area contributed by atoms with Crippen LogP contribution in [-0.4, -0.2) is 50.2 Å². The molecule has 3 nitrogen and oxygen atoms in total. The molecule has 2 fully saturated rings. The molecule has 1 atom stereocenters. The molecule has 0 radical (unpaired) electrons. The molecule has 0 aromatic carbocycles. The van der Waals surface area contributed by atoms with E-state index in [-0.39, 0.29) is 0 Å². The highest BCUT2D eigenvalue weighted by atomic mass is 15.2. The van der Waals surface area contributed by atoms with Crippen molar-refractivity contribution in [3.05, 3.63) is 0 Å². The Bertz CT molecular complexity index is 178. The van der Waals surface area contributed by atoms with Crippen molar-refractivity contribution >= 4 is 0 Å². The monoisotopic (exact) mass is 211 g/mol. The van der Waals surface area contributed by atoms with Crippen LogP contribution in [0.5, 0.6) is 0 Å². The van der Waals surface area contributed by atoms with Crippen LogP contribution < -0.4 is 10.6 Å². The minimum Gasteiger partial charge on any atom is -0.312 e. The van der Waals surface area contributed by atoms with Crippen LogP contribution in [0.4, 0.5) is 0 Å². The van der Waals surface area contributed by atoms with E-state index in [1.807, 2.05) is 0 Å². The summed E-state index contributed by atoms with van der Waals surface area (Å²) in [6, 6.07) is 1.46.